The van der Waals surface area contributed by atoms with E-state index in [9.17, 15) is 17.6 Å². The van der Waals surface area contributed by atoms with Crippen molar-refractivity contribution < 1.29 is 27.4 Å². The number of fused-ring (bicyclic) bond motifs is 1. The maximum absolute atomic E-state index is 13.6. The Morgan fingerprint density at radius 2 is 1.55 bits per heavy atom. The van der Waals surface area contributed by atoms with Crippen molar-refractivity contribution >= 4 is 32.5 Å². The Morgan fingerprint density at radius 3 is 2.26 bits per heavy atom. The van der Waals surface area contributed by atoms with Crippen molar-refractivity contribution in [1.82, 2.24) is 0 Å². The zero-order chi connectivity index (χ0) is 22.0. The van der Waals surface area contributed by atoms with Crippen molar-refractivity contribution in [3.8, 4) is 11.5 Å². The summed E-state index contributed by atoms with van der Waals surface area (Å²) < 4.78 is 48.0. The van der Waals surface area contributed by atoms with E-state index in [0.29, 0.717) is 22.3 Å². The summed E-state index contributed by atoms with van der Waals surface area (Å²) in [6, 6.07) is 21.9. The third-order valence-electron chi connectivity index (χ3n) is 4.55. The number of sulfonamides is 1. The molecule has 0 unspecified atom stereocenters. The Hall–Kier alpha value is -3.91. The molecule has 0 saturated heterocycles. The van der Waals surface area contributed by atoms with Crippen molar-refractivity contribution in [3.05, 3.63) is 96.3 Å². The molecular weight excluding hydrogens is 421 g/mol. The number of nitrogens with one attached hydrogen (secondary N) is 1. The van der Waals surface area contributed by atoms with Crippen LogP contribution in [0.2, 0.25) is 0 Å². The molecule has 0 aliphatic rings. The molecule has 0 aliphatic heterocycles. The van der Waals surface area contributed by atoms with E-state index in [1.54, 1.807) is 42.5 Å². The lowest BCUT2D eigenvalue weighted by Crippen LogP contribution is -2.14. The smallest absolute Gasteiger partial charge is 0.338 e. The van der Waals surface area contributed by atoms with Crippen LogP contribution in [0.5, 0.6) is 11.5 Å². The summed E-state index contributed by atoms with van der Waals surface area (Å²) in [5.74, 6) is -1.36. The van der Waals surface area contributed by atoms with Crippen LogP contribution in [0.4, 0.5) is 10.1 Å². The van der Waals surface area contributed by atoms with Gasteiger partial charge in [0.2, 0.25) is 0 Å². The Bertz CT molecular complexity index is 1390. The van der Waals surface area contributed by atoms with E-state index in [-0.39, 0.29) is 10.6 Å². The monoisotopic (exact) mass is 437 g/mol. The van der Waals surface area contributed by atoms with Gasteiger partial charge in [-0.3, -0.25) is 4.72 Å². The fourth-order valence-electron chi connectivity index (χ4n) is 3.15. The highest BCUT2D eigenvalue weighted by Crippen LogP contribution is 2.34. The molecule has 0 bridgehead atoms. The molecular formula is C23H16FNO5S. The number of hydrogen-bond acceptors (Lipinski definition) is 4. The summed E-state index contributed by atoms with van der Waals surface area (Å²) in [7, 11) is -4.11. The van der Waals surface area contributed by atoms with Crippen LogP contribution in [-0.2, 0) is 10.0 Å². The summed E-state index contributed by atoms with van der Waals surface area (Å²) >= 11 is 0. The molecule has 0 amide bonds. The summed E-state index contributed by atoms with van der Waals surface area (Å²) in [6.45, 7) is 0. The second-order valence-corrected chi connectivity index (χ2v) is 8.28. The Balaban J connectivity index is 1.75. The highest BCUT2D eigenvalue weighted by molar-refractivity contribution is 7.93. The Labute approximate surface area is 177 Å². The molecule has 0 spiro atoms. The van der Waals surface area contributed by atoms with Crippen LogP contribution in [0.25, 0.3) is 10.8 Å². The summed E-state index contributed by atoms with van der Waals surface area (Å²) in [4.78, 5) is 11.1. The van der Waals surface area contributed by atoms with E-state index in [1.165, 1.54) is 6.07 Å². The molecule has 0 atom stereocenters. The van der Waals surface area contributed by atoms with E-state index in [4.69, 9.17) is 9.84 Å². The van der Waals surface area contributed by atoms with Gasteiger partial charge < -0.3 is 9.84 Å². The molecule has 4 aromatic carbocycles. The van der Waals surface area contributed by atoms with Gasteiger partial charge in [-0.15, -0.1) is 0 Å². The number of carbonyl (C=O) groups is 1. The molecule has 0 aromatic heterocycles. The first-order valence-corrected chi connectivity index (χ1v) is 10.6. The van der Waals surface area contributed by atoms with Crippen LogP contribution in [0, 0.1) is 5.82 Å². The largest absolute Gasteiger partial charge is 0.478 e. The zero-order valence-corrected chi connectivity index (χ0v) is 16.8. The van der Waals surface area contributed by atoms with Crippen LogP contribution in [0.3, 0.4) is 0 Å². The number of ether oxygens (including phenoxy) is 1. The van der Waals surface area contributed by atoms with E-state index in [1.807, 2.05) is 18.2 Å². The van der Waals surface area contributed by atoms with Gasteiger partial charge in [-0.2, -0.15) is 0 Å². The molecule has 6 nitrogen and oxygen atoms in total. The number of carboxylic acid groups (broad SMARTS) is 1. The first kappa shape index (κ1) is 20.4. The molecule has 31 heavy (non-hydrogen) atoms. The fraction of sp³-hybridized carbons (Fsp3) is 0. The molecule has 4 rings (SSSR count). The molecule has 0 heterocycles. The number of rotatable bonds is 6. The SMILES string of the molecule is O=C(O)c1cc(NS(=O)(=O)c2ccc(Oc3ccccc3)c3ccccc23)ccc1F. The van der Waals surface area contributed by atoms with Crippen molar-refractivity contribution in [2.75, 3.05) is 4.72 Å². The average molecular weight is 437 g/mol. The van der Waals surface area contributed by atoms with Crippen molar-refractivity contribution in [3.63, 3.8) is 0 Å². The number of para-hydroxylation sites is 1. The molecule has 4 aromatic rings. The highest BCUT2D eigenvalue weighted by Gasteiger charge is 2.21. The molecule has 0 radical (unpaired) electrons. The number of halogens is 1. The minimum absolute atomic E-state index is 0.0234. The van der Waals surface area contributed by atoms with Gasteiger partial charge in [0.05, 0.1) is 10.5 Å². The van der Waals surface area contributed by atoms with Gasteiger partial charge in [-0.05, 0) is 42.5 Å². The maximum atomic E-state index is 13.6. The topological polar surface area (TPSA) is 92.7 Å². The van der Waals surface area contributed by atoms with E-state index in [2.05, 4.69) is 4.72 Å². The third-order valence-corrected chi connectivity index (χ3v) is 5.99. The van der Waals surface area contributed by atoms with E-state index >= 15 is 0 Å². The number of carboxylic acids is 1. The standard InChI is InChI=1S/C23H16FNO5S/c24-20-11-10-15(14-19(20)23(26)27)25-31(28,29)22-13-12-21(17-8-4-5-9-18(17)22)30-16-6-2-1-3-7-16/h1-14,25H,(H,26,27). The molecule has 156 valence electrons. The van der Waals surface area contributed by atoms with Gasteiger partial charge in [0, 0.05) is 16.5 Å². The van der Waals surface area contributed by atoms with Gasteiger partial charge in [0.25, 0.3) is 10.0 Å². The second-order valence-electron chi connectivity index (χ2n) is 6.63. The third kappa shape index (κ3) is 4.19. The van der Waals surface area contributed by atoms with Gasteiger partial charge in [0.15, 0.2) is 0 Å². The normalized spacial score (nSPS) is 11.3. The lowest BCUT2D eigenvalue weighted by atomic mass is 10.1. The lowest BCUT2D eigenvalue weighted by molar-refractivity contribution is 0.0692. The van der Waals surface area contributed by atoms with E-state index in [0.717, 1.165) is 18.2 Å². The van der Waals surface area contributed by atoms with Crippen LogP contribution in [-0.4, -0.2) is 19.5 Å². The first-order valence-electron chi connectivity index (χ1n) is 9.15. The second kappa shape index (κ2) is 8.08. The minimum Gasteiger partial charge on any atom is -0.478 e. The lowest BCUT2D eigenvalue weighted by Gasteiger charge is -2.14. The zero-order valence-electron chi connectivity index (χ0n) is 15.9. The van der Waals surface area contributed by atoms with Crippen LogP contribution in [0.15, 0.2) is 89.8 Å². The molecule has 2 N–H and O–H groups in total. The molecule has 0 saturated carbocycles. The van der Waals surface area contributed by atoms with Crippen LogP contribution in [0.1, 0.15) is 10.4 Å². The molecule has 8 heteroatoms. The van der Waals surface area contributed by atoms with Crippen molar-refractivity contribution in [2.24, 2.45) is 0 Å². The predicted octanol–water partition coefficient (Wildman–Crippen LogP) is 5.27. The molecule has 0 fully saturated rings. The quantitative estimate of drug-likeness (QED) is 0.429. The Kier molecular flexibility index (Phi) is 5.31. The van der Waals surface area contributed by atoms with Gasteiger partial charge in [-0.1, -0.05) is 42.5 Å². The maximum Gasteiger partial charge on any atom is 0.338 e. The minimum atomic E-state index is -4.11. The van der Waals surface area contributed by atoms with E-state index < -0.39 is 27.4 Å². The fourth-order valence-corrected chi connectivity index (χ4v) is 4.41. The number of aromatic carboxylic acids is 1. The average Bonchev–Trinajstić information content (AvgIpc) is 2.75. The first-order chi connectivity index (χ1) is 14.8. The van der Waals surface area contributed by atoms with Gasteiger partial charge in [0.1, 0.15) is 17.3 Å². The highest BCUT2D eigenvalue weighted by atomic mass is 32.2. The Morgan fingerprint density at radius 1 is 0.871 bits per heavy atom. The van der Waals surface area contributed by atoms with Crippen molar-refractivity contribution in [1.29, 1.82) is 0 Å². The number of anilines is 1. The summed E-state index contributed by atoms with van der Waals surface area (Å²) in [6.07, 6.45) is 0. The van der Waals surface area contributed by atoms with Gasteiger partial charge in [-0.25, -0.2) is 17.6 Å². The summed E-state index contributed by atoms with van der Waals surface area (Å²) in [5, 5.41) is 10.1. The summed E-state index contributed by atoms with van der Waals surface area (Å²) in [5.41, 5.74) is -0.691. The van der Waals surface area contributed by atoms with Crippen molar-refractivity contribution in [2.45, 2.75) is 4.90 Å². The number of benzene rings is 4. The van der Waals surface area contributed by atoms with Crippen LogP contribution >= 0.6 is 0 Å². The van der Waals surface area contributed by atoms with Crippen LogP contribution < -0.4 is 9.46 Å². The molecule has 0 aliphatic carbocycles. The number of hydrogen-bond donors (Lipinski definition) is 2. The predicted molar refractivity (Wildman–Crippen MR) is 115 cm³/mol. The van der Waals surface area contributed by atoms with Gasteiger partial charge >= 0.3 is 5.97 Å².